The lowest BCUT2D eigenvalue weighted by Crippen LogP contribution is -2.45. The number of esters is 1. The van der Waals surface area contributed by atoms with Crippen LogP contribution in [-0.4, -0.2) is 40.7 Å². The van der Waals surface area contributed by atoms with Crippen LogP contribution in [0.4, 0.5) is 5.69 Å². The third-order valence-electron chi connectivity index (χ3n) is 5.80. The molecule has 1 N–H and O–H groups in total. The molecular formula is C21H21N5O3. The number of nitrogens with zero attached hydrogens (tertiary/aromatic N) is 4. The Morgan fingerprint density at radius 3 is 2.86 bits per heavy atom. The third kappa shape index (κ3) is 3.00. The maximum atomic E-state index is 12.2. The van der Waals surface area contributed by atoms with E-state index in [9.17, 15) is 9.59 Å². The highest BCUT2D eigenvalue weighted by Crippen LogP contribution is 2.36. The van der Waals surface area contributed by atoms with Crippen LogP contribution in [0.1, 0.15) is 28.5 Å². The number of carbonyl (C=O) groups is 1. The zero-order valence-electron chi connectivity index (χ0n) is 16.0. The van der Waals surface area contributed by atoms with Crippen molar-refractivity contribution in [2.45, 2.75) is 18.9 Å². The SMILES string of the molecule is COC(=O)c1[nH]c2ccccc2c1N=NN1C[C@H]2C[C@@H](C1)c1cccc(=O)n1C2. The first-order chi connectivity index (χ1) is 14.1. The van der Waals surface area contributed by atoms with Crippen molar-refractivity contribution in [3.05, 3.63) is 64.2 Å². The van der Waals surface area contributed by atoms with Crippen LogP contribution in [0.3, 0.4) is 0 Å². The molecule has 0 saturated carbocycles. The molecule has 0 unspecified atom stereocenters. The first kappa shape index (κ1) is 17.7. The summed E-state index contributed by atoms with van der Waals surface area (Å²) in [7, 11) is 1.35. The number of hydrogen-bond donors (Lipinski definition) is 1. The van der Waals surface area contributed by atoms with Gasteiger partial charge in [0.05, 0.1) is 7.11 Å². The monoisotopic (exact) mass is 391 g/mol. The van der Waals surface area contributed by atoms with E-state index in [4.69, 9.17) is 4.74 Å². The summed E-state index contributed by atoms with van der Waals surface area (Å²) in [5.41, 5.74) is 2.72. The summed E-state index contributed by atoms with van der Waals surface area (Å²) in [5.74, 6) is 0.126. The number of benzene rings is 1. The molecule has 1 saturated heterocycles. The molecule has 2 aliphatic heterocycles. The Morgan fingerprint density at radius 2 is 2.00 bits per heavy atom. The average molecular weight is 391 g/mol. The molecule has 0 spiro atoms. The third-order valence-corrected chi connectivity index (χ3v) is 5.80. The Bertz CT molecular complexity index is 1180. The smallest absolute Gasteiger partial charge is 0.356 e. The van der Waals surface area contributed by atoms with Crippen LogP contribution in [0.25, 0.3) is 10.9 Å². The molecule has 4 heterocycles. The molecule has 2 aromatic heterocycles. The summed E-state index contributed by atoms with van der Waals surface area (Å²) >= 11 is 0. The van der Waals surface area contributed by atoms with Gasteiger partial charge in [-0.05, 0) is 24.5 Å². The number of carbonyl (C=O) groups excluding carboxylic acids is 1. The van der Waals surface area contributed by atoms with Gasteiger partial charge in [-0.25, -0.2) is 4.79 Å². The summed E-state index contributed by atoms with van der Waals surface area (Å²) in [5, 5.41) is 11.7. The molecule has 1 fully saturated rings. The van der Waals surface area contributed by atoms with E-state index >= 15 is 0 Å². The van der Waals surface area contributed by atoms with Gasteiger partial charge < -0.3 is 14.3 Å². The minimum atomic E-state index is -0.473. The fourth-order valence-corrected chi connectivity index (χ4v) is 4.53. The molecule has 2 bridgehead atoms. The number of piperidine rings is 1. The van der Waals surface area contributed by atoms with Gasteiger partial charge in [-0.3, -0.25) is 9.80 Å². The van der Waals surface area contributed by atoms with Crippen molar-refractivity contribution in [1.82, 2.24) is 14.6 Å². The molecule has 2 atom stereocenters. The predicted molar refractivity (Wildman–Crippen MR) is 107 cm³/mol. The van der Waals surface area contributed by atoms with E-state index in [-0.39, 0.29) is 11.5 Å². The summed E-state index contributed by atoms with van der Waals surface area (Å²) in [6.45, 7) is 2.13. The Hall–Kier alpha value is -3.42. The quantitative estimate of drug-likeness (QED) is 0.548. The Morgan fingerprint density at radius 1 is 1.14 bits per heavy atom. The first-order valence-corrected chi connectivity index (χ1v) is 9.69. The zero-order valence-corrected chi connectivity index (χ0v) is 16.0. The molecule has 5 rings (SSSR count). The van der Waals surface area contributed by atoms with Crippen molar-refractivity contribution in [2.75, 3.05) is 20.2 Å². The molecule has 0 aliphatic carbocycles. The standard InChI is InChI=1S/C21H21N5O3/c1-29-21(28)20-19(15-5-2-3-6-16(15)22-20)23-24-25-10-13-9-14(12-25)17-7-4-8-18(27)26(17)11-13/h2-8,13-14,22H,9-12H2,1H3/t13-,14+/m1/s1. The number of para-hydroxylation sites is 1. The van der Waals surface area contributed by atoms with Crippen molar-refractivity contribution >= 4 is 22.6 Å². The highest BCUT2D eigenvalue weighted by Gasteiger charge is 2.34. The van der Waals surface area contributed by atoms with Crippen molar-refractivity contribution in [1.29, 1.82) is 0 Å². The Kier molecular flexibility index (Phi) is 4.19. The van der Waals surface area contributed by atoms with Gasteiger partial charge >= 0.3 is 5.97 Å². The predicted octanol–water partition coefficient (Wildman–Crippen LogP) is 3.23. The number of pyridine rings is 1. The molecule has 0 radical (unpaired) electrons. The topological polar surface area (TPSA) is 92.1 Å². The van der Waals surface area contributed by atoms with Crippen LogP contribution < -0.4 is 5.56 Å². The Balaban J connectivity index is 1.46. The van der Waals surface area contributed by atoms with E-state index in [0.717, 1.165) is 29.6 Å². The lowest BCUT2D eigenvalue weighted by atomic mass is 9.84. The largest absolute Gasteiger partial charge is 0.464 e. The average Bonchev–Trinajstić information content (AvgIpc) is 3.11. The molecule has 148 valence electrons. The summed E-state index contributed by atoms with van der Waals surface area (Å²) < 4.78 is 6.78. The van der Waals surface area contributed by atoms with Crippen molar-refractivity contribution in [2.24, 2.45) is 16.3 Å². The van der Waals surface area contributed by atoms with Gasteiger partial charge in [0.1, 0.15) is 5.69 Å². The molecular weight excluding hydrogens is 370 g/mol. The van der Waals surface area contributed by atoms with E-state index in [0.29, 0.717) is 30.4 Å². The molecule has 2 aliphatic rings. The number of H-pyrrole nitrogens is 1. The normalized spacial score (nSPS) is 20.8. The van der Waals surface area contributed by atoms with Gasteiger partial charge in [0.15, 0.2) is 5.69 Å². The Labute approximate surface area is 166 Å². The van der Waals surface area contributed by atoms with E-state index < -0.39 is 5.97 Å². The summed E-state index contributed by atoms with van der Waals surface area (Å²) in [6, 6.07) is 13.1. The van der Waals surface area contributed by atoms with E-state index in [1.54, 1.807) is 6.07 Å². The van der Waals surface area contributed by atoms with Crippen molar-refractivity contribution < 1.29 is 9.53 Å². The number of aromatic amines is 1. The molecule has 3 aromatic rings. The van der Waals surface area contributed by atoms with Crippen LogP contribution in [0.15, 0.2) is 57.6 Å². The van der Waals surface area contributed by atoms with E-state index in [1.165, 1.54) is 7.11 Å². The molecule has 0 amide bonds. The minimum absolute atomic E-state index is 0.0637. The number of hydrogen-bond acceptors (Lipinski definition) is 5. The fraction of sp³-hybridized carbons (Fsp3) is 0.333. The van der Waals surface area contributed by atoms with Gasteiger partial charge in [-0.1, -0.05) is 29.5 Å². The highest BCUT2D eigenvalue weighted by atomic mass is 16.5. The van der Waals surface area contributed by atoms with Gasteiger partial charge in [0, 0.05) is 48.2 Å². The number of nitrogens with one attached hydrogen (secondary N) is 1. The van der Waals surface area contributed by atoms with Crippen LogP contribution in [0.2, 0.25) is 0 Å². The number of aromatic nitrogens is 2. The van der Waals surface area contributed by atoms with Gasteiger partial charge in [-0.2, -0.15) is 0 Å². The molecule has 29 heavy (non-hydrogen) atoms. The number of rotatable bonds is 3. The summed E-state index contributed by atoms with van der Waals surface area (Å²) in [4.78, 5) is 27.4. The van der Waals surface area contributed by atoms with Crippen molar-refractivity contribution in [3.63, 3.8) is 0 Å². The van der Waals surface area contributed by atoms with E-state index in [2.05, 4.69) is 15.3 Å². The molecule has 8 heteroatoms. The second-order valence-corrected chi connectivity index (χ2v) is 7.64. The van der Waals surface area contributed by atoms with Gasteiger partial charge in [-0.15, -0.1) is 5.11 Å². The lowest BCUT2D eigenvalue weighted by molar-refractivity contribution is 0.0595. The van der Waals surface area contributed by atoms with Crippen molar-refractivity contribution in [3.8, 4) is 0 Å². The minimum Gasteiger partial charge on any atom is -0.464 e. The van der Waals surface area contributed by atoms with Crippen LogP contribution in [0.5, 0.6) is 0 Å². The van der Waals surface area contributed by atoms with Crippen LogP contribution in [-0.2, 0) is 11.3 Å². The number of fused-ring (bicyclic) bond motifs is 5. The zero-order chi connectivity index (χ0) is 20.0. The highest BCUT2D eigenvalue weighted by molar-refractivity contribution is 6.04. The first-order valence-electron chi connectivity index (χ1n) is 9.69. The number of ether oxygens (including phenoxy) is 1. The molecule has 1 aromatic carbocycles. The van der Waals surface area contributed by atoms with Crippen LogP contribution in [0, 0.1) is 5.92 Å². The van der Waals surface area contributed by atoms with Gasteiger partial charge in [0.2, 0.25) is 0 Å². The second kappa shape index (κ2) is 6.88. The fourth-order valence-electron chi connectivity index (χ4n) is 4.53. The maximum absolute atomic E-state index is 12.2. The summed E-state index contributed by atoms with van der Waals surface area (Å²) in [6.07, 6.45) is 1.05. The maximum Gasteiger partial charge on any atom is 0.356 e. The molecule has 8 nitrogen and oxygen atoms in total. The van der Waals surface area contributed by atoms with Gasteiger partial charge in [0.25, 0.3) is 5.56 Å². The number of methoxy groups -OCH3 is 1. The van der Waals surface area contributed by atoms with Crippen LogP contribution >= 0.6 is 0 Å². The lowest BCUT2D eigenvalue weighted by Gasteiger charge is -2.40. The van der Waals surface area contributed by atoms with E-state index in [1.807, 2.05) is 46.0 Å². The second-order valence-electron chi connectivity index (χ2n) is 7.64.